The first-order valence-electron chi connectivity index (χ1n) is 9.58. The van der Waals surface area contributed by atoms with E-state index in [0.29, 0.717) is 12.2 Å². The molecule has 1 aliphatic rings. The molecule has 0 spiro atoms. The Morgan fingerprint density at radius 3 is 2.47 bits per heavy atom. The van der Waals surface area contributed by atoms with Crippen molar-refractivity contribution < 1.29 is 19.2 Å². The third-order valence-electron chi connectivity index (χ3n) is 4.64. The molecule has 30 heavy (non-hydrogen) atoms. The van der Waals surface area contributed by atoms with Crippen LogP contribution in [0.5, 0.6) is 0 Å². The van der Waals surface area contributed by atoms with Gasteiger partial charge in [-0.2, -0.15) is 0 Å². The zero-order valence-corrected chi connectivity index (χ0v) is 16.9. The zero-order chi connectivity index (χ0) is 21.7. The van der Waals surface area contributed by atoms with Crippen LogP contribution in [0.15, 0.2) is 42.5 Å². The van der Waals surface area contributed by atoms with Gasteiger partial charge in [-0.3, -0.25) is 14.9 Å². The van der Waals surface area contributed by atoms with E-state index >= 15 is 0 Å². The lowest BCUT2D eigenvalue weighted by Gasteiger charge is -2.13. The molecule has 158 valence electrons. The minimum absolute atomic E-state index is 0.0233. The van der Waals surface area contributed by atoms with Gasteiger partial charge in [0.1, 0.15) is 5.69 Å². The molecule has 0 heterocycles. The highest BCUT2D eigenvalue weighted by Crippen LogP contribution is 2.31. The lowest BCUT2D eigenvalue weighted by molar-refractivity contribution is -0.384. The van der Waals surface area contributed by atoms with Crippen LogP contribution in [0.2, 0.25) is 0 Å². The van der Waals surface area contributed by atoms with Crippen molar-refractivity contribution >= 4 is 28.9 Å². The maximum atomic E-state index is 12.2. The van der Waals surface area contributed by atoms with E-state index in [9.17, 15) is 19.7 Å². The van der Waals surface area contributed by atoms with Gasteiger partial charge in [0.15, 0.2) is 6.61 Å². The lowest BCUT2D eigenvalue weighted by atomic mass is 10.1. The number of rotatable bonds is 9. The summed E-state index contributed by atoms with van der Waals surface area (Å²) < 4.78 is 5.00. The third kappa shape index (κ3) is 5.69. The van der Waals surface area contributed by atoms with E-state index in [-0.39, 0.29) is 17.3 Å². The van der Waals surface area contributed by atoms with Gasteiger partial charge in [-0.05, 0) is 42.7 Å². The molecule has 1 amide bonds. The Morgan fingerprint density at radius 2 is 1.87 bits per heavy atom. The van der Waals surface area contributed by atoms with Crippen LogP contribution in [0, 0.1) is 10.1 Å². The number of benzene rings is 2. The Bertz CT molecular complexity index is 939. The van der Waals surface area contributed by atoms with E-state index in [1.807, 2.05) is 43.3 Å². The van der Waals surface area contributed by atoms with Crippen LogP contribution in [0.3, 0.4) is 0 Å². The molecule has 0 atom stereocenters. The Morgan fingerprint density at radius 1 is 1.17 bits per heavy atom. The number of hydrogen-bond donors (Lipinski definition) is 2. The van der Waals surface area contributed by atoms with Crippen molar-refractivity contribution in [3.8, 4) is 0 Å². The first-order chi connectivity index (χ1) is 14.3. The van der Waals surface area contributed by atoms with Crippen molar-refractivity contribution in [2.24, 2.45) is 0 Å². The molecule has 0 unspecified atom stereocenters. The molecule has 0 radical (unpaired) electrons. The first-order valence-corrected chi connectivity index (χ1v) is 9.58. The van der Waals surface area contributed by atoms with Crippen LogP contribution in [0.4, 0.5) is 17.1 Å². The van der Waals surface area contributed by atoms with Crippen LogP contribution in [0.1, 0.15) is 28.8 Å². The van der Waals surface area contributed by atoms with Gasteiger partial charge >= 0.3 is 5.97 Å². The Kier molecular flexibility index (Phi) is 6.51. The summed E-state index contributed by atoms with van der Waals surface area (Å²) in [6.45, 7) is -0.165. The Balaban J connectivity index is 1.51. The molecule has 2 aromatic carbocycles. The fourth-order valence-corrected chi connectivity index (χ4v) is 2.76. The molecular weight excluding hydrogens is 388 g/mol. The number of esters is 1. The normalized spacial score (nSPS) is 12.7. The summed E-state index contributed by atoms with van der Waals surface area (Å²) in [5.74, 6) is -1.25. The summed E-state index contributed by atoms with van der Waals surface area (Å²) in [5.41, 5.74) is 2.16. The van der Waals surface area contributed by atoms with Crippen LogP contribution in [-0.4, -0.2) is 43.5 Å². The molecule has 3 rings (SSSR count). The van der Waals surface area contributed by atoms with Gasteiger partial charge in [-0.15, -0.1) is 0 Å². The van der Waals surface area contributed by atoms with Crippen molar-refractivity contribution in [2.45, 2.75) is 25.4 Å². The molecule has 0 saturated heterocycles. The van der Waals surface area contributed by atoms with Crippen LogP contribution in [0.25, 0.3) is 0 Å². The van der Waals surface area contributed by atoms with Gasteiger partial charge in [0, 0.05) is 38.4 Å². The fourth-order valence-electron chi connectivity index (χ4n) is 2.76. The Labute approximate surface area is 174 Å². The second-order valence-electron chi connectivity index (χ2n) is 7.32. The number of anilines is 2. The zero-order valence-electron chi connectivity index (χ0n) is 16.9. The van der Waals surface area contributed by atoms with Crippen molar-refractivity contribution in [3.63, 3.8) is 0 Å². The average Bonchev–Trinajstić information content (AvgIpc) is 3.55. The van der Waals surface area contributed by atoms with Gasteiger partial charge in [-0.25, -0.2) is 4.79 Å². The monoisotopic (exact) mass is 412 g/mol. The number of amides is 1. The molecule has 2 N–H and O–H groups in total. The predicted molar refractivity (Wildman–Crippen MR) is 113 cm³/mol. The largest absolute Gasteiger partial charge is 0.452 e. The maximum absolute atomic E-state index is 12.2. The fraction of sp³-hybridized carbons (Fsp3) is 0.333. The highest BCUT2D eigenvalue weighted by atomic mass is 16.6. The van der Waals surface area contributed by atoms with Crippen molar-refractivity contribution in [1.29, 1.82) is 0 Å². The second-order valence-corrected chi connectivity index (χ2v) is 7.32. The maximum Gasteiger partial charge on any atom is 0.338 e. The number of carbonyl (C=O) groups is 2. The third-order valence-corrected chi connectivity index (χ3v) is 4.64. The van der Waals surface area contributed by atoms with Crippen molar-refractivity contribution in [3.05, 3.63) is 63.7 Å². The van der Waals surface area contributed by atoms with E-state index in [0.717, 1.165) is 30.2 Å². The van der Waals surface area contributed by atoms with Gasteiger partial charge in [0.25, 0.3) is 11.6 Å². The number of carbonyl (C=O) groups excluding carboxylic acids is 2. The SMILES string of the molecule is CN(C)c1ccc(CNC(=O)COC(=O)c2ccc(NC3CC3)c([N+](=O)[O-])c2)cc1. The van der Waals surface area contributed by atoms with Gasteiger partial charge in [0.05, 0.1) is 10.5 Å². The van der Waals surface area contributed by atoms with Gasteiger partial charge < -0.3 is 20.3 Å². The molecule has 0 bridgehead atoms. The molecule has 0 aliphatic heterocycles. The van der Waals surface area contributed by atoms with E-state index in [1.54, 1.807) is 0 Å². The molecule has 0 aromatic heterocycles. The topological polar surface area (TPSA) is 114 Å². The highest BCUT2D eigenvalue weighted by molar-refractivity contribution is 5.93. The van der Waals surface area contributed by atoms with Gasteiger partial charge in [0.2, 0.25) is 0 Å². The molecule has 2 aromatic rings. The first kappa shape index (κ1) is 21.1. The molecule has 9 heteroatoms. The van der Waals surface area contributed by atoms with Gasteiger partial charge in [-0.1, -0.05) is 12.1 Å². The molecule has 1 fully saturated rings. The predicted octanol–water partition coefficient (Wildman–Crippen LogP) is 2.71. The van der Waals surface area contributed by atoms with E-state index in [1.165, 1.54) is 12.1 Å². The number of nitrogens with zero attached hydrogens (tertiary/aromatic N) is 2. The van der Waals surface area contributed by atoms with Crippen LogP contribution >= 0.6 is 0 Å². The second kappa shape index (κ2) is 9.25. The lowest BCUT2D eigenvalue weighted by Crippen LogP contribution is -2.28. The van der Waals surface area contributed by atoms with Crippen molar-refractivity contribution in [2.75, 3.05) is 30.9 Å². The average molecular weight is 412 g/mol. The van der Waals surface area contributed by atoms with Crippen LogP contribution in [-0.2, 0) is 16.1 Å². The van der Waals surface area contributed by atoms with E-state index in [2.05, 4.69) is 10.6 Å². The molecule has 1 aliphatic carbocycles. The minimum atomic E-state index is -0.790. The summed E-state index contributed by atoms with van der Waals surface area (Å²) in [5, 5.41) is 17.0. The number of nitrogens with one attached hydrogen (secondary N) is 2. The molecule has 9 nitrogen and oxygen atoms in total. The summed E-state index contributed by atoms with van der Waals surface area (Å²) in [7, 11) is 3.88. The quantitative estimate of drug-likeness (QED) is 0.370. The smallest absolute Gasteiger partial charge is 0.338 e. The Hall–Kier alpha value is -3.62. The van der Waals surface area contributed by atoms with Crippen LogP contribution < -0.4 is 15.5 Å². The summed E-state index contributed by atoms with van der Waals surface area (Å²) in [6, 6.07) is 12.0. The molecular formula is C21H24N4O5. The minimum Gasteiger partial charge on any atom is -0.452 e. The van der Waals surface area contributed by atoms with Crippen molar-refractivity contribution in [1.82, 2.24) is 5.32 Å². The number of ether oxygens (including phenoxy) is 1. The summed E-state index contributed by atoms with van der Waals surface area (Å²) >= 11 is 0. The van der Waals surface area contributed by atoms with E-state index in [4.69, 9.17) is 4.74 Å². The summed E-state index contributed by atoms with van der Waals surface area (Å²) in [4.78, 5) is 36.9. The molecule has 1 saturated carbocycles. The highest BCUT2D eigenvalue weighted by Gasteiger charge is 2.26. The number of hydrogen-bond acceptors (Lipinski definition) is 7. The number of nitro benzene ring substituents is 1. The number of nitro groups is 1. The van der Waals surface area contributed by atoms with E-state index < -0.39 is 23.4 Å². The standard InChI is InChI=1S/C21H24N4O5/c1-24(2)17-8-3-14(4-9-17)12-22-20(26)13-30-21(27)15-5-10-18(23-16-6-7-16)19(11-15)25(28)29/h3-5,8-11,16,23H,6-7,12-13H2,1-2H3,(H,22,26). The summed E-state index contributed by atoms with van der Waals surface area (Å²) in [6.07, 6.45) is 1.94.